The van der Waals surface area contributed by atoms with Crippen molar-refractivity contribution in [2.45, 2.75) is 58.4 Å². The topological polar surface area (TPSA) is 57.0 Å². The van der Waals surface area contributed by atoms with Crippen molar-refractivity contribution >= 4 is 11.8 Å². The second-order valence-electron chi connectivity index (χ2n) is 8.46. The lowest BCUT2D eigenvalue weighted by Crippen LogP contribution is -2.48. The highest BCUT2D eigenvalue weighted by Gasteiger charge is 2.31. The number of rotatable bonds is 6. The normalized spacial score (nSPS) is 19.6. The molecule has 0 atom stereocenters. The van der Waals surface area contributed by atoms with Gasteiger partial charge in [0, 0.05) is 38.1 Å². The molecule has 0 unspecified atom stereocenters. The third-order valence-corrected chi connectivity index (χ3v) is 6.16. The van der Waals surface area contributed by atoms with E-state index in [1.165, 1.54) is 38.2 Å². The van der Waals surface area contributed by atoms with Gasteiger partial charge in [-0.15, -0.1) is 0 Å². The molecule has 0 aromatic carbocycles. The van der Waals surface area contributed by atoms with Crippen LogP contribution in [0.25, 0.3) is 0 Å². The van der Waals surface area contributed by atoms with Gasteiger partial charge in [0.2, 0.25) is 5.91 Å². The summed E-state index contributed by atoms with van der Waals surface area (Å²) in [4.78, 5) is 32.0. The van der Waals surface area contributed by atoms with E-state index in [1.54, 1.807) is 6.07 Å². The average Bonchev–Trinajstić information content (AvgIpc) is 3.12. The number of likely N-dealkylation sites (tertiary alicyclic amines) is 2. The molecule has 28 heavy (non-hydrogen) atoms. The average molecular weight is 390 g/mol. The summed E-state index contributed by atoms with van der Waals surface area (Å²) in [6.07, 6.45) is 9.72. The maximum Gasteiger partial charge on any atom is 0.257 e. The zero-order valence-electron chi connectivity index (χ0n) is 17.4. The van der Waals surface area contributed by atoms with Crippen LogP contribution in [0.4, 0.5) is 0 Å². The van der Waals surface area contributed by atoms with Crippen molar-refractivity contribution in [2.24, 2.45) is 5.92 Å². The van der Waals surface area contributed by atoms with Gasteiger partial charge < -0.3 is 19.1 Å². The van der Waals surface area contributed by atoms with Crippen molar-refractivity contribution in [3.05, 3.63) is 24.2 Å². The fourth-order valence-corrected chi connectivity index (χ4v) is 4.36. The van der Waals surface area contributed by atoms with E-state index in [4.69, 9.17) is 4.42 Å². The second-order valence-corrected chi connectivity index (χ2v) is 8.46. The standard InChI is InChI=1S/C22H35N3O3/c1-18(2)25(15-14-23-10-5-3-4-6-11-23)22(27)19-7-12-24(13-8-19)21(26)20-9-16-28-17-20/h9,16-19H,3-8,10-15H2,1-2H3. The molecule has 2 aliphatic rings. The summed E-state index contributed by atoms with van der Waals surface area (Å²) in [6, 6.07) is 1.91. The van der Waals surface area contributed by atoms with Crippen molar-refractivity contribution in [1.29, 1.82) is 0 Å². The molecular weight excluding hydrogens is 354 g/mol. The highest BCUT2D eigenvalue weighted by molar-refractivity contribution is 5.94. The van der Waals surface area contributed by atoms with Crippen LogP contribution >= 0.6 is 0 Å². The molecule has 0 aliphatic carbocycles. The summed E-state index contributed by atoms with van der Waals surface area (Å²) in [7, 11) is 0. The molecule has 3 rings (SSSR count). The summed E-state index contributed by atoms with van der Waals surface area (Å²) in [6.45, 7) is 9.60. The maximum atomic E-state index is 13.2. The van der Waals surface area contributed by atoms with Crippen LogP contribution in [0.5, 0.6) is 0 Å². The number of amides is 2. The summed E-state index contributed by atoms with van der Waals surface area (Å²) >= 11 is 0. The number of nitrogens with zero attached hydrogens (tertiary/aromatic N) is 3. The zero-order chi connectivity index (χ0) is 19.9. The van der Waals surface area contributed by atoms with Gasteiger partial charge in [-0.25, -0.2) is 0 Å². The van der Waals surface area contributed by atoms with Gasteiger partial charge in [0.1, 0.15) is 6.26 Å². The molecule has 2 amide bonds. The van der Waals surface area contributed by atoms with E-state index in [0.29, 0.717) is 18.7 Å². The van der Waals surface area contributed by atoms with E-state index in [-0.39, 0.29) is 23.8 Å². The van der Waals surface area contributed by atoms with Gasteiger partial charge in [-0.05, 0) is 58.7 Å². The van der Waals surface area contributed by atoms with Gasteiger partial charge in [0.25, 0.3) is 5.91 Å². The molecule has 6 nitrogen and oxygen atoms in total. The first-order chi connectivity index (χ1) is 13.6. The van der Waals surface area contributed by atoms with Crippen molar-refractivity contribution in [1.82, 2.24) is 14.7 Å². The van der Waals surface area contributed by atoms with E-state index in [9.17, 15) is 9.59 Å². The van der Waals surface area contributed by atoms with Crippen LogP contribution in [0.2, 0.25) is 0 Å². The van der Waals surface area contributed by atoms with Gasteiger partial charge in [-0.3, -0.25) is 9.59 Å². The molecule has 0 bridgehead atoms. The fourth-order valence-electron chi connectivity index (χ4n) is 4.36. The van der Waals surface area contributed by atoms with Crippen LogP contribution in [0, 0.1) is 5.92 Å². The lowest BCUT2D eigenvalue weighted by Gasteiger charge is -2.36. The summed E-state index contributed by atoms with van der Waals surface area (Å²) in [5, 5.41) is 0. The third-order valence-electron chi connectivity index (χ3n) is 6.16. The number of piperidine rings is 1. The van der Waals surface area contributed by atoms with Crippen molar-refractivity contribution in [2.75, 3.05) is 39.3 Å². The Morgan fingerprint density at radius 2 is 1.79 bits per heavy atom. The Morgan fingerprint density at radius 3 is 2.36 bits per heavy atom. The molecule has 0 N–H and O–H groups in total. The molecule has 1 aromatic rings. The molecular formula is C22H35N3O3. The minimum absolute atomic E-state index is 0.00142. The monoisotopic (exact) mass is 389 g/mol. The molecule has 2 fully saturated rings. The smallest absolute Gasteiger partial charge is 0.257 e. The quantitative estimate of drug-likeness (QED) is 0.749. The second kappa shape index (κ2) is 10.1. The number of furan rings is 1. The lowest BCUT2D eigenvalue weighted by molar-refractivity contribution is -0.139. The van der Waals surface area contributed by atoms with Crippen molar-refractivity contribution < 1.29 is 14.0 Å². The first-order valence-electron chi connectivity index (χ1n) is 10.9. The molecule has 2 saturated heterocycles. The highest BCUT2D eigenvalue weighted by atomic mass is 16.3. The van der Waals surface area contributed by atoms with Crippen molar-refractivity contribution in [3.8, 4) is 0 Å². The van der Waals surface area contributed by atoms with Gasteiger partial charge in [-0.2, -0.15) is 0 Å². The predicted molar refractivity (Wildman–Crippen MR) is 109 cm³/mol. The van der Waals surface area contributed by atoms with Crippen LogP contribution in [0.1, 0.15) is 62.7 Å². The van der Waals surface area contributed by atoms with Crippen LogP contribution < -0.4 is 0 Å². The van der Waals surface area contributed by atoms with Crippen LogP contribution in [-0.2, 0) is 4.79 Å². The Labute approximate surface area is 168 Å². The summed E-state index contributed by atoms with van der Waals surface area (Å²) < 4.78 is 5.02. The number of carbonyl (C=O) groups is 2. The maximum absolute atomic E-state index is 13.2. The van der Waals surface area contributed by atoms with Crippen molar-refractivity contribution in [3.63, 3.8) is 0 Å². The van der Waals surface area contributed by atoms with E-state index in [1.807, 2.05) is 4.90 Å². The Bertz CT molecular complexity index is 613. The van der Waals surface area contributed by atoms with Gasteiger partial charge >= 0.3 is 0 Å². The molecule has 6 heteroatoms. The van der Waals surface area contributed by atoms with Crippen LogP contribution in [-0.4, -0.2) is 71.8 Å². The lowest BCUT2D eigenvalue weighted by atomic mass is 9.94. The first-order valence-corrected chi connectivity index (χ1v) is 10.9. The zero-order valence-corrected chi connectivity index (χ0v) is 17.4. The molecule has 1 aromatic heterocycles. The van der Waals surface area contributed by atoms with Crippen LogP contribution in [0.15, 0.2) is 23.0 Å². The number of hydrogen-bond acceptors (Lipinski definition) is 4. The molecule has 2 aliphatic heterocycles. The van der Waals surface area contributed by atoms with E-state index in [0.717, 1.165) is 39.0 Å². The minimum Gasteiger partial charge on any atom is -0.472 e. The molecule has 0 radical (unpaired) electrons. The molecule has 0 saturated carbocycles. The Balaban J connectivity index is 1.50. The third kappa shape index (κ3) is 5.37. The molecule has 0 spiro atoms. The number of carbonyl (C=O) groups excluding carboxylic acids is 2. The SMILES string of the molecule is CC(C)N(CCN1CCCCCC1)C(=O)C1CCN(C(=O)c2ccoc2)CC1. The van der Waals surface area contributed by atoms with Gasteiger partial charge in [0.15, 0.2) is 0 Å². The summed E-state index contributed by atoms with van der Waals surface area (Å²) in [5.74, 6) is 0.293. The minimum atomic E-state index is 0.00142. The van der Waals surface area contributed by atoms with Gasteiger partial charge in [-0.1, -0.05) is 12.8 Å². The first kappa shape index (κ1) is 20.9. The molecule has 156 valence electrons. The fraction of sp³-hybridized carbons (Fsp3) is 0.727. The largest absolute Gasteiger partial charge is 0.472 e. The molecule has 3 heterocycles. The Hall–Kier alpha value is -1.82. The van der Waals surface area contributed by atoms with Crippen LogP contribution in [0.3, 0.4) is 0 Å². The van der Waals surface area contributed by atoms with E-state index >= 15 is 0 Å². The Kier molecular flexibility index (Phi) is 7.54. The van der Waals surface area contributed by atoms with E-state index in [2.05, 4.69) is 23.6 Å². The van der Waals surface area contributed by atoms with Gasteiger partial charge in [0.05, 0.1) is 11.8 Å². The predicted octanol–water partition coefficient (Wildman–Crippen LogP) is 3.24. The summed E-state index contributed by atoms with van der Waals surface area (Å²) in [5.41, 5.74) is 0.589. The van der Waals surface area contributed by atoms with E-state index < -0.39 is 0 Å². The highest BCUT2D eigenvalue weighted by Crippen LogP contribution is 2.22. The number of hydrogen-bond donors (Lipinski definition) is 0. The Morgan fingerprint density at radius 1 is 1.11 bits per heavy atom.